The fourth-order valence-corrected chi connectivity index (χ4v) is 2.57. The van der Waals surface area contributed by atoms with Crippen molar-refractivity contribution in [2.45, 2.75) is 31.5 Å². The summed E-state index contributed by atoms with van der Waals surface area (Å²) < 4.78 is 33.4. The van der Waals surface area contributed by atoms with Gasteiger partial charge in [0.1, 0.15) is 11.8 Å². The minimum atomic E-state index is -3.60. The van der Waals surface area contributed by atoms with Gasteiger partial charge in [0.05, 0.1) is 7.11 Å². The summed E-state index contributed by atoms with van der Waals surface area (Å²) in [7, 11) is -2.06. The Morgan fingerprint density at radius 2 is 1.92 bits per heavy atom. The lowest BCUT2D eigenvalue weighted by molar-refractivity contribution is 0.0911. The number of hydrogen-bond donors (Lipinski definition) is 1. The van der Waals surface area contributed by atoms with Gasteiger partial charge < -0.3 is 14.5 Å². The van der Waals surface area contributed by atoms with Crippen LogP contribution < -0.4 is 10.1 Å². The number of aromatic nitrogens is 2. The van der Waals surface area contributed by atoms with Crippen molar-refractivity contribution >= 4 is 15.7 Å². The lowest BCUT2D eigenvalue weighted by Crippen LogP contribution is -2.32. The van der Waals surface area contributed by atoms with E-state index in [1.807, 2.05) is 13.8 Å². The second kappa shape index (κ2) is 7.64. The zero-order valence-corrected chi connectivity index (χ0v) is 15.3. The fraction of sp³-hybridized carbons (Fsp3) is 0.438. The van der Waals surface area contributed by atoms with Crippen LogP contribution in [0.25, 0.3) is 0 Å². The summed E-state index contributed by atoms with van der Waals surface area (Å²) in [6.45, 7) is 3.86. The third-order valence-corrected chi connectivity index (χ3v) is 4.66. The minimum Gasteiger partial charge on any atom is -0.497 e. The second-order valence-electron chi connectivity index (χ2n) is 5.74. The van der Waals surface area contributed by atoms with Crippen LogP contribution in [-0.4, -0.2) is 37.9 Å². The molecule has 0 aliphatic rings. The number of nitrogens with one attached hydrogen (secondary N) is 1. The summed E-state index contributed by atoms with van der Waals surface area (Å²) in [6.07, 6.45) is 1.71. The van der Waals surface area contributed by atoms with Crippen LogP contribution >= 0.6 is 0 Å². The van der Waals surface area contributed by atoms with E-state index in [0.29, 0.717) is 11.3 Å². The topological polar surface area (TPSA) is 111 Å². The van der Waals surface area contributed by atoms with E-state index in [1.54, 1.807) is 31.4 Å². The third kappa shape index (κ3) is 4.56. The van der Waals surface area contributed by atoms with E-state index >= 15 is 0 Å². The van der Waals surface area contributed by atoms with Crippen LogP contribution in [-0.2, 0) is 9.84 Å². The molecule has 0 radical (unpaired) electrons. The summed E-state index contributed by atoms with van der Waals surface area (Å²) in [6, 6.07) is 6.04. The molecule has 0 unspecified atom stereocenters. The Bertz CT molecular complexity index is 830. The van der Waals surface area contributed by atoms with Gasteiger partial charge in [0.15, 0.2) is 0 Å². The van der Waals surface area contributed by atoms with Crippen LogP contribution in [0.1, 0.15) is 42.6 Å². The van der Waals surface area contributed by atoms with E-state index in [9.17, 15) is 13.2 Å². The Morgan fingerprint density at radius 1 is 1.28 bits per heavy atom. The van der Waals surface area contributed by atoms with Crippen LogP contribution in [0.2, 0.25) is 0 Å². The molecular formula is C16H21N3O5S. The standard InChI is InChI=1S/C16H21N3O5S/c1-5-10(2)13(15-18-19-16(24-15)25(4,21)22)17-14(20)11-6-8-12(23-3)9-7-11/h6-10,13H,5H2,1-4H3,(H,17,20)/t10-,13+/m1/s1. The lowest BCUT2D eigenvalue weighted by Gasteiger charge is -2.21. The Balaban J connectivity index is 2.25. The summed E-state index contributed by atoms with van der Waals surface area (Å²) in [5.74, 6) is 0.350. The smallest absolute Gasteiger partial charge is 0.335 e. The lowest BCUT2D eigenvalue weighted by atomic mass is 9.98. The highest BCUT2D eigenvalue weighted by molar-refractivity contribution is 7.90. The van der Waals surface area contributed by atoms with Crippen molar-refractivity contribution in [2.24, 2.45) is 5.92 Å². The van der Waals surface area contributed by atoms with Crippen LogP contribution in [0.15, 0.2) is 33.9 Å². The third-order valence-electron chi connectivity index (χ3n) is 3.86. The molecule has 0 saturated carbocycles. The Hall–Kier alpha value is -2.42. The first-order chi connectivity index (χ1) is 11.8. The van der Waals surface area contributed by atoms with Crippen molar-refractivity contribution < 1.29 is 22.4 Å². The van der Waals surface area contributed by atoms with Gasteiger partial charge in [-0.25, -0.2) is 8.42 Å². The molecular weight excluding hydrogens is 346 g/mol. The zero-order chi connectivity index (χ0) is 18.6. The maximum atomic E-state index is 12.5. The van der Waals surface area contributed by atoms with Crippen molar-refractivity contribution in [3.8, 4) is 5.75 Å². The molecule has 0 aliphatic carbocycles. The van der Waals surface area contributed by atoms with Gasteiger partial charge in [-0.1, -0.05) is 25.4 Å². The molecule has 0 aliphatic heterocycles. The van der Waals surface area contributed by atoms with Gasteiger partial charge in [0.25, 0.3) is 5.91 Å². The van der Waals surface area contributed by atoms with Gasteiger partial charge in [-0.3, -0.25) is 4.79 Å². The van der Waals surface area contributed by atoms with Crippen molar-refractivity contribution in [2.75, 3.05) is 13.4 Å². The van der Waals surface area contributed by atoms with Crippen molar-refractivity contribution in [1.82, 2.24) is 15.5 Å². The number of methoxy groups -OCH3 is 1. The van der Waals surface area contributed by atoms with Crippen molar-refractivity contribution in [3.63, 3.8) is 0 Å². The van der Waals surface area contributed by atoms with E-state index in [-0.39, 0.29) is 17.7 Å². The maximum Gasteiger partial charge on any atom is 0.335 e. The number of ether oxygens (including phenoxy) is 1. The Labute approximate surface area is 146 Å². The number of rotatable bonds is 7. The SMILES string of the molecule is CC[C@@H](C)[C@H](NC(=O)c1ccc(OC)cc1)c1nnc(S(C)(=O)=O)o1. The second-order valence-corrected chi connectivity index (χ2v) is 7.64. The molecule has 2 atom stereocenters. The van der Waals surface area contributed by atoms with Gasteiger partial charge in [-0.05, 0) is 30.2 Å². The van der Waals surface area contributed by atoms with E-state index in [2.05, 4.69) is 15.5 Å². The summed E-state index contributed by atoms with van der Waals surface area (Å²) >= 11 is 0. The average molecular weight is 367 g/mol. The molecule has 1 aromatic carbocycles. The van der Waals surface area contributed by atoms with E-state index in [0.717, 1.165) is 12.7 Å². The average Bonchev–Trinajstić information content (AvgIpc) is 3.09. The van der Waals surface area contributed by atoms with Crippen molar-refractivity contribution in [1.29, 1.82) is 0 Å². The fourth-order valence-electron chi connectivity index (χ4n) is 2.15. The van der Waals surface area contributed by atoms with Gasteiger partial charge in [-0.2, -0.15) is 0 Å². The zero-order valence-electron chi connectivity index (χ0n) is 14.5. The first-order valence-electron chi connectivity index (χ1n) is 7.74. The Morgan fingerprint density at radius 3 is 2.40 bits per heavy atom. The predicted molar refractivity (Wildman–Crippen MR) is 90.1 cm³/mol. The number of nitrogens with zero attached hydrogens (tertiary/aromatic N) is 2. The highest BCUT2D eigenvalue weighted by Crippen LogP contribution is 2.25. The normalized spacial score (nSPS) is 13.9. The number of carbonyl (C=O) groups is 1. The number of carbonyl (C=O) groups excluding carboxylic acids is 1. The maximum absolute atomic E-state index is 12.5. The van der Waals surface area contributed by atoms with Gasteiger partial charge >= 0.3 is 5.22 Å². The van der Waals surface area contributed by atoms with Crippen LogP contribution in [0, 0.1) is 5.92 Å². The molecule has 1 heterocycles. The number of benzene rings is 1. The highest BCUT2D eigenvalue weighted by atomic mass is 32.2. The van der Waals surface area contributed by atoms with Gasteiger partial charge in [0, 0.05) is 11.8 Å². The molecule has 0 spiro atoms. The van der Waals surface area contributed by atoms with Crippen molar-refractivity contribution in [3.05, 3.63) is 35.7 Å². The summed E-state index contributed by atoms with van der Waals surface area (Å²) in [4.78, 5) is 12.5. The Kier molecular flexibility index (Phi) is 5.78. The minimum absolute atomic E-state index is 0.0324. The van der Waals surface area contributed by atoms with Crippen LogP contribution in [0.5, 0.6) is 5.75 Å². The molecule has 9 heteroatoms. The predicted octanol–water partition coefficient (Wildman–Crippen LogP) is 2.00. The number of amides is 1. The van der Waals surface area contributed by atoms with Gasteiger partial charge in [-0.15, -0.1) is 5.10 Å². The molecule has 0 saturated heterocycles. The molecule has 136 valence electrons. The summed E-state index contributed by atoms with van der Waals surface area (Å²) in [5.41, 5.74) is 0.442. The summed E-state index contributed by atoms with van der Waals surface area (Å²) in [5, 5.41) is 9.72. The van der Waals surface area contributed by atoms with E-state index < -0.39 is 21.1 Å². The van der Waals surface area contributed by atoms with E-state index in [4.69, 9.17) is 9.15 Å². The molecule has 0 bridgehead atoms. The quantitative estimate of drug-likeness (QED) is 0.796. The first kappa shape index (κ1) is 18.9. The molecule has 2 rings (SSSR count). The molecule has 25 heavy (non-hydrogen) atoms. The number of sulfone groups is 1. The molecule has 0 fully saturated rings. The largest absolute Gasteiger partial charge is 0.497 e. The monoisotopic (exact) mass is 367 g/mol. The number of hydrogen-bond acceptors (Lipinski definition) is 7. The molecule has 2 aromatic rings. The molecule has 8 nitrogen and oxygen atoms in total. The van der Waals surface area contributed by atoms with Gasteiger partial charge in [0.2, 0.25) is 15.7 Å². The highest BCUT2D eigenvalue weighted by Gasteiger charge is 2.28. The molecule has 1 N–H and O–H groups in total. The first-order valence-corrected chi connectivity index (χ1v) is 9.63. The van der Waals surface area contributed by atoms with Crippen LogP contribution in [0.3, 0.4) is 0 Å². The van der Waals surface area contributed by atoms with E-state index in [1.165, 1.54) is 0 Å². The molecule has 1 aromatic heterocycles. The molecule has 1 amide bonds. The van der Waals surface area contributed by atoms with Crippen LogP contribution in [0.4, 0.5) is 0 Å².